The summed E-state index contributed by atoms with van der Waals surface area (Å²) in [7, 11) is 0. The Hall–Kier alpha value is -2.36. The monoisotopic (exact) mass is 268 g/mol. The van der Waals surface area contributed by atoms with Crippen LogP contribution in [-0.4, -0.2) is 22.6 Å². The number of benzene rings is 1. The number of aryl methyl sites for hydroxylation is 1. The van der Waals surface area contributed by atoms with Gasteiger partial charge in [-0.15, -0.1) is 0 Å². The van der Waals surface area contributed by atoms with Crippen molar-refractivity contribution in [2.75, 3.05) is 11.4 Å². The molecule has 1 aromatic heterocycles. The molecule has 0 unspecified atom stereocenters. The number of nitrogens with zero attached hydrogens (tertiary/aromatic N) is 2. The van der Waals surface area contributed by atoms with Crippen LogP contribution in [0.3, 0.4) is 0 Å². The lowest BCUT2D eigenvalue weighted by molar-refractivity contribution is 0.0695. The molecule has 0 aliphatic carbocycles. The third-order valence-corrected chi connectivity index (χ3v) is 3.72. The van der Waals surface area contributed by atoms with Crippen molar-refractivity contribution in [3.05, 3.63) is 58.8 Å². The lowest BCUT2D eigenvalue weighted by Gasteiger charge is -2.30. The number of carboxylic acid groups (broad SMARTS) is 1. The van der Waals surface area contributed by atoms with Gasteiger partial charge in [0.05, 0.1) is 5.56 Å². The Morgan fingerprint density at radius 2 is 2.15 bits per heavy atom. The van der Waals surface area contributed by atoms with Gasteiger partial charge in [-0.05, 0) is 42.2 Å². The molecular formula is C16H16N2O2. The molecule has 0 amide bonds. The normalized spacial score (nSPS) is 13.9. The Morgan fingerprint density at radius 3 is 2.85 bits per heavy atom. The molecule has 1 N–H and O–H groups in total. The van der Waals surface area contributed by atoms with Crippen molar-refractivity contribution >= 4 is 11.8 Å². The summed E-state index contributed by atoms with van der Waals surface area (Å²) in [5.74, 6) is 0.103. The van der Waals surface area contributed by atoms with Crippen LogP contribution >= 0.6 is 0 Å². The minimum Gasteiger partial charge on any atom is -0.478 e. The van der Waals surface area contributed by atoms with Crippen LogP contribution in [0.15, 0.2) is 36.5 Å². The van der Waals surface area contributed by atoms with E-state index < -0.39 is 5.97 Å². The van der Waals surface area contributed by atoms with E-state index >= 15 is 0 Å². The number of fused-ring (bicyclic) bond motifs is 1. The van der Waals surface area contributed by atoms with Gasteiger partial charge in [-0.25, -0.2) is 9.78 Å². The van der Waals surface area contributed by atoms with E-state index in [1.165, 1.54) is 0 Å². The van der Waals surface area contributed by atoms with E-state index in [4.69, 9.17) is 0 Å². The first-order valence-electron chi connectivity index (χ1n) is 6.67. The molecule has 0 radical (unpaired) electrons. The molecule has 0 bridgehead atoms. The summed E-state index contributed by atoms with van der Waals surface area (Å²) in [5, 5.41) is 9.23. The van der Waals surface area contributed by atoms with E-state index in [9.17, 15) is 9.90 Å². The largest absolute Gasteiger partial charge is 0.478 e. The Bertz CT molecular complexity index is 650. The maximum absolute atomic E-state index is 11.2. The van der Waals surface area contributed by atoms with Gasteiger partial charge >= 0.3 is 5.97 Å². The predicted molar refractivity (Wildman–Crippen MR) is 77.1 cm³/mol. The van der Waals surface area contributed by atoms with E-state index in [1.54, 1.807) is 6.07 Å². The number of hydrogen-bond donors (Lipinski definition) is 1. The lowest BCUT2D eigenvalue weighted by Crippen LogP contribution is -2.32. The van der Waals surface area contributed by atoms with E-state index in [2.05, 4.69) is 9.88 Å². The molecule has 3 rings (SSSR count). The molecule has 0 saturated heterocycles. The van der Waals surface area contributed by atoms with Crippen LogP contribution in [0.4, 0.5) is 5.82 Å². The fraction of sp³-hybridized carbons (Fsp3) is 0.250. The first-order chi connectivity index (χ1) is 9.65. The molecule has 102 valence electrons. The van der Waals surface area contributed by atoms with Gasteiger partial charge in [-0.1, -0.05) is 18.2 Å². The van der Waals surface area contributed by atoms with Crippen LogP contribution in [0, 0.1) is 6.92 Å². The fourth-order valence-corrected chi connectivity index (χ4v) is 2.65. The smallest absolute Gasteiger partial charge is 0.335 e. The van der Waals surface area contributed by atoms with Gasteiger partial charge in [-0.2, -0.15) is 0 Å². The number of aromatic carboxylic acids is 1. The van der Waals surface area contributed by atoms with E-state index in [-0.39, 0.29) is 0 Å². The van der Waals surface area contributed by atoms with E-state index in [0.717, 1.165) is 35.5 Å². The van der Waals surface area contributed by atoms with Crippen LogP contribution in [0.5, 0.6) is 0 Å². The molecule has 0 fully saturated rings. The second-order valence-electron chi connectivity index (χ2n) is 5.11. The van der Waals surface area contributed by atoms with Gasteiger partial charge in [0.15, 0.2) is 0 Å². The summed E-state index contributed by atoms with van der Waals surface area (Å²) in [4.78, 5) is 17.9. The van der Waals surface area contributed by atoms with Gasteiger partial charge < -0.3 is 10.0 Å². The zero-order valence-corrected chi connectivity index (χ0v) is 11.3. The van der Waals surface area contributed by atoms with Gasteiger partial charge in [0, 0.05) is 19.3 Å². The van der Waals surface area contributed by atoms with Crippen molar-refractivity contribution in [2.45, 2.75) is 19.9 Å². The molecule has 20 heavy (non-hydrogen) atoms. The van der Waals surface area contributed by atoms with Crippen LogP contribution < -0.4 is 4.90 Å². The van der Waals surface area contributed by atoms with Gasteiger partial charge in [0.1, 0.15) is 5.82 Å². The highest BCUT2D eigenvalue weighted by Crippen LogP contribution is 2.25. The lowest BCUT2D eigenvalue weighted by atomic mass is 9.94. The molecule has 1 aliphatic rings. The summed E-state index contributed by atoms with van der Waals surface area (Å²) in [6.45, 7) is 3.53. The molecule has 0 atom stereocenters. The maximum Gasteiger partial charge on any atom is 0.335 e. The predicted octanol–water partition coefficient (Wildman–Crippen LogP) is 2.65. The van der Waals surface area contributed by atoms with Crippen molar-refractivity contribution in [2.24, 2.45) is 0 Å². The molecule has 2 aromatic rings. The topological polar surface area (TPSA) is 53.4 Å². The summed E-state index contributed by atoms with van der Waals surface area (Å²) in [6, 6.07) is 9.56. The highest BCUT2D eigenvalue weighted by Gasteiger charge is 2.21. The van der Waals surface area contributed by atoms with Crippen LogP contribution in [-0.2, 0) is 13.0 Å². The zero-order chi connectivity index (χ0) is 14.1. The molecule has 0 saturated carbocycles. The van der Waals surface area contributed by atoms with Crippen molar-refractivity contribution in [1.29, 1.82) is 0 Å². The molecular weight excluding hydrogens is 252 g/mol. The second-order valence-corrected chi connectivity index (χ2v) is 5.11. The fourth-order valence-electron chi connectivity index (χ4n) is 2.65. The highest BCUT2D eigenvalue weighted by atomic mass is 16.4. The SMILES string of the molecule is Cc1ccc(N2CCc3c(cccc3C(=O)O)C2)nc1. The number of carboxylic acids is 1. The number of carbonyl (C=O) groups is 1. The summed E-state index contributed by atoms with van der Waals surface area (Å²) in [5.41, 5.74) is 3.61. The summed E-state index contributed by atoms with van der Waals surface area (Å²) >= 11 is 0. The number of pyridine rings is 1. The minimum atomic E-state index is -0.844. The average molecular weight is 268 g/mol. The Balaban J connectivity index is 1.91. The number of rotatable bonds is 2. The average Bonchev–Trinajstić information content (AvgIpc) is 2.46. The highest BCUT2D eigenvalue weighted by molar-refractivity contribution is 5.90. The van der Waals surface area contributed by atoms with Gasteiger partial charge in [-0.3, -0.25) is 0 Å². The molecule has 4 heteroatoms. The minimum absolute atomic E-state index is 0.430. The zero-order valence-electron chi connectivity index (χ0n) is 11.3. The van der Waals surface area contributed by atoms with Crippen molar-refractivity contribution in [1.82, 2.24) is 4.98 Å². The van der Waals surface area contributed by atoms with Crippen molar-refractivity contribution in [3.8, 4) is 0 Å². The van der Waals surface area contributed by atoms with Crippen LogP contribution in [0.1, 0.15) is 27.0 Å². The Kier molecular flexibility index (Phi) is 3.14. The molecule has 0 spiro atoms. The second kappa shape index (κ2) is 4.96. The summed E-state index contributed by atoms with van der Waals surface area (Å²) in [6.07, 6.45) is 2.60. The van der Waals surface area contributed by atoms with Gasteiger partial charge in [0.25, 0.3) is 0 Å². The van der Waals surface area contributed by atoms with Crippen LogP contribution in [0.2, 0.25) is 0 Å². The van der Waals surface area contributed by atoms with Crippen molar-refractivity contribution < 1.29 is 9.90 Å². The molecule has 4 nitrogen and oxygen atoms in total. The first-order valence-corrected chi connectivity index (χ1v) is 6.67. The van der Waals surface area contributed by atoms with Gasteiger partial charge in [0.2, 0.25) is 0 Å². The van der Waals surface area contributed by atoms with E-state index in [0.29, 0.717) is 12.1 Å². The number of anilines is 1. The standard InChI is InChI=1S/C16H16N2O2/c1-11-5-6-15(17-9-11)18-8-7-13-12(10-18)3-2-4-14(13)16(19)20/h2-6,9H,7-8,10H2,1H3,(H,19,20). The summed E-state index contributed by atoms with van der Waals surface area (Å²) < 4.78 is 0. The van der Waals surface area contributed by atoms with E-state index in [1.807, 2.05) is 37.4 Å². The Morgan fingerprint density at radius 1 is 1.30 bits per heavy atom. The van der Waals surface area contributed by atoms with Crippen LogP contribution in [0.25, 0.3) is 0 Å². The number of hydrogen-bond acceptors (Lipinski definition) is 3. The maximum atomic E-state index is 11.2. The third-order valence-electron chi connectivity index (χ3n) is 3.72. The number of aromatic nitrogens is 1. The van der Waals surface area contributed by atoms with Crippen molar-refractivity contribution in [3.63, 3.8) is 0 Å². The molecule has 1 aliphatic heterocycles. The quantitative estimate of drug-likeness (QED) is 0.909. The first kappa shape index (κ1) is 12.7. The third kappa shape index (κ3) is 2.25. The molecule has 1 aromatic carbocycles. The Labute approximate surface area is 117 Å². The molecule has 2 heterocycles.